The number of aliphatic hydroxyl groups excluding tert-OH is 1. The Kier molecular flexibility index (Phi) is 3.13. The molecule has 0 spiro atoms. The van der Waals surface area contributed by atoms with Crippen LogP contribution < -0.4 is 0 Å². The molecular formula is C10H18O. The summed E-state index contributed by atoms with van der Waals surface area (Å²) >= 11 is 0. The van der Waals surface area contributed by atoms with Crippen LogP contribution in [0.15, 0.2) is 11.6 Å². The molecule has 0 heterocycles. The molecule has 2 unspecified atom stereocenters. The molecule has 1 nitrogen and oxygen atoms in total. The van der Waals surface area contributed by atoms with Gasteiger partial charge in [-0.05, 0) is 45.4 Å². The van der Waals surface area contributed by atoms with E-state index in [1.54, 1.807) is 0 Å². The van der Waals surface area contributed by atoms with E-state index in [1.165, 1.54) is 24.8 Å². The highest BCUT2D eigenvalue weighted by Gasteiger charge is 2.15. The highest BCUT2D eigenvalue weighted by molar-refractivity contribution is 5.06. The zero-order valence-electron chi connectivity index (χ0n) is 7.51. The predicted octanol–water partition coefficient (Wildman–Crippen LogP) is 2.50. The van der Waals surface area contributed by atoms with Gasteiger partial charge in [0.25, 0.3) is 0 Å². The summed E-state index contributed by atoms with van der Waals surface area (Å²) < 4.78 is 0. The smallest absolute Gasteiger partial charge is 0.0517 e. The predicted molar refractivity (Wildman–Crippen MR) is 47.4 cm³/mol. The summed E-state index contributed by atoms with van der Waals surface area (Å²) in [6, 6.07) is 0. The zero-order valence-corrected chi connectivity index (χ0v) is 7.51. The molecule has 1 N–H and O–H groups in total. The molecule has 1 heteroatoms. The van der Waals surface area contributed by atoms with Gasteiger partial charge in [0.15, 0.2) is 0 Å². The minimum Gasteiger partial charge on any atom is -0.393 e. The fourth-order valence-corrected chi connectivity index (χ4v) is 1.80. The molecule has 0 aliphatic heterocycles. The van der Waals surface area contributed by atoms with E-state index in [0.29, 0.717) is 5.92 Å². The summed E-state index contributed by atoms with van der Waals surface area (Å²) in [5, 5.41) is 9.20. The van der Waals surface area contributed by atoms with Gasteiger partial charge in [0, 0.05) is 0 Å². The van der Waals surface area contributed by atoms with Gasteiger partial charge in [-0.3, -0.25) is 0 Å². The molecule has 0 saturated carbocycles. The van der Waals surface area contributed by atoms with Crippen LogP contribution in [0.25, 0.3) is 0 Å². The van der Waals surface area contributed by atoms with Crippen LogP contribution in [0, 0.1) is 5.92 Å². The lowest BCUT2D eigenvalue weighted by atomic mass is 9.85. The Bertz CT molecular complexity index is 147. The van der Waals surface area contributed by atoms with Gasteiger partial charge < -0.3 is 5.11 Å². The van der Waals surface area contributed by atoms with Crippen LogP contribution in [-0.4, -0.2) is 11.2 Å². The molecular weight excluding hydrogens is 136 g/mol. The second-order valence-corrected chi connectivity index (χ2v) is 3.66. The highest BCUT2D eigenvalue weighted by Crippen LogP contribution is 2.27. The molecule has 0 aromatic rings. The maximum atomic E-state index is 9.20. The minimum atomic E-state index is -0.138. The summed E-state index contributed by atoms with van der Waals surface area (Å²) in [4.78, 5) is 0. The highest BCUT2D eigenvalue weighted by atomic mass is 16.3. The Morgan fingerprint density at radius 1 is 1.73 bits per heavy atom. The molecule has 0 saturated heterocycles. The number of rotatable bonds is 2. The Morgan fingerprint density at radius 2 is 2.45 bits per heavy atom. The average Bonchev–Trinajstić information content (AvgIpc) is 1.93. The first-order chi connectivity index (χ1) is 5.20. The molecule has 2 atom stereocenters. The zero-order chi connectivity index (χ0) is 8.27. The van der Waals surface area contributed by atoms with Crippen molar-refractivity contribution >= 4 is 0 Å². The molecule has 0 aromatic carbocycles. The molecule has 0 fully saturated rings. The lowest BCUT2D eigenvalue weighted by Gasteiger charge is -2.22. The molecule has 0 radical (unpaired) electrons. The van der Waals surface area contributed by atoms with Gasteiger partial charge >= 0.3 is 0 Å². The molecule has 1 aliphatic carbocycles. The summed E-state index contributed by atoms with van der Waals surface area (Å²) in [6.07, 6.45) is 6.93. The molecule has 11 heavy (non-hydrogen) atoms. The van der Waals surface area contributed by atoms with Crippen molar-refractivity contribution in [1.82, 2.24) is 0 Å². The number of hydrogen-bond acceptors (Lipinski definition) is 1. The lowest BCUT2D eigenvalue weighted by molar-refractivity contribution is 0.163. The second kappa shape index (κ2) is 3.91. The third kappa shape index (κ3) is 2.66. The monoisotopic (exact) mass is 154 g/mol. The van der Waals surface area contributed by atoms with Crippen molar-refractivity contribution in [3.05, 3.63) is 11.6 Å². The molecule has 0 amide bonds. The van der Waals surface area contributed by atoms with Crippen LogP contribution in [0.2, 0.25) is 0 Å². The quantitative estimate of drug-likeness (QED) is 0.606. The summed E-state index contributed by atoms with van der Waals surface area (Å²) in [5.74, 6) is 0.656. The van der Waals surface area contributed by atoms with Gasteiger partial charge in [-0.2, -0.15) is 0 Å². The third-order valence-electron chi connectivity index (χ3n) is 2.49. The van der Waals surface area contributed by atoms with Gasteiger partial charge in [-0.15, -0.1) is 0 Å². The van der Waals surface area contributed by atoms with E-state index >= 15 is 0 Å². The topological polar surface area (TPSA) is 20.2 Å². The normalized spacial score (nSPS) is 27.9. The van der Waals surface area contributed by atoms with Crippen LogP contribution in [0.5, 0.6) is 0 Å². The Hall–Kier alpha value is -0.300. The minimum absolute atomic E-state index is 0.138. The van der Waals surface area contributed by atoms with Crippen molar-refractivity contribution in [1.29, 1.82) is 0 Å². The maximum absolute atomic E-state index is 9.20. The van der Waals surface area contributed by atoms with Gasteiger partial charge in [0.05, 0.1) is 6.10 Å². The first-order valence-electron chi connectivity index (χ1n) is 4.55. The average molecular weight is 154 g/mol. The molecule has 0 bridgehead atoms. The van der Waals surface area contributed by atoms with Crippen LogP contribution >= 0.6 is 0 Å². The maximum Gasteiger partial charge on any atom is 0.0517 e. The molecule has 1 aliphatic rings. The molecule has 0 aromatic heterocycles. The van der Waals surface area contributed by atoms with E-state index in [0.717, 1.165) is 6.42 Å². The van der Waals surface area contributed by atoms with E-state index in [-0.39, 0.29) is 6.10 Å². The standard InChI is InChI=1S/C10H18O/c1-8-5-3-4-6-10(8)7-9(2)11/h5,9-11H,3-4,6-7H2,1-2H3. The Balaban J connectivity index is 2.43. The molecule has 1 rings (SSSR count). The van der Waals surface area contributed by atoms with E-state index in [2.05, 4.69) is 13.0 Å². The van der Waals surface area contributed by atoms with Crippen molar-refractivity contribution < 1.29 is 5.11 Å². The number of hydrogen-bond donors (Lipinski definition) is 1. The Morgan fingerprint density at radius 3 is 3.00 bits per heavy atom. The van der Waals surface area contributed by atoms with Crippen molar-refractivity contribution in [2.24, 2.45) is 5.92 Å². The Labute approximate surface area is 69.1 Å². The van der Waals surface area contributed by atoms with Crippen molar-refractivity contribution in [2.75, 3.05) is 0 Å². The fourth-order valence-electron chi connectivity index (χ4n) is 1.80. The molecule has 64 valence electrons. The van der Waals surface area contributed by atoms with E-state index in [9.17, 15) is 5.11 Å². The van der Waals surface area contributed by atoms with Crippen molar-refractivity contribution in [2.45, 2.75) is 45.6 Å². The SMILES string of the molecule is CC1=CCCCC1CC(C)O. The van der Waals surface area contributed by atoms with Gasteiger partial charge in [-0.1, -0.05) is 11.6 Å². The summed E-state index contributed by atoms with van der Waals surface area (Å²) in [5.41, 5.74) is 1.48. The fraction of sp³-hybridized carbons (Fsp3) is 0.800. The van der Waals surface area contributed by atoms with E-state index in [4.69, 9.17) is 0 Å². The first kappa shape index (κ1) is 8.79. The second-order valence-electron chi connectivity index (χ2n) is 3.66. The summed E-state index contributed by atoms with van der Waals surface area (Å²) in [6.45, 7) is 4.06. The lowest BCUT2D eigenvalue weighted by Crippen LogP contribution is -2.13. The van der Waals surface area contributed by atoms with Crippen molar-refractivity contribution in [3.8, 4) is 0 Å². The third-order valence-corrected chi connectivity index (χ3v) is 2.49. The summed E-state index contributed by atoms with van der Waals surface area (Å²) in [7, 11) is 0. The van der Waals surface area contributed by atoms with E-state index < -0.39 is 0 Å². The van der Waals surface area contributed by atoms with Crippen LogP contribution in [0.1, 0.15) is 39.5 Å². The van der Waals surface area contributed by atoms with Gasteiger partial charge in [0.1, 0.15) is 0 Å². The number of allylic oxidation sites excluding steroid dienone is 2. The van der Waals surface area contributed by atoms with Crippen LogP contribution in [0.4, 0.5) is 0 Å². The largest absolute Gasteiger partial charge is 0.393 e. The van der Waals surface area contributed by atoms with Gasteiger partial charge in [-0.25, -0.2) is 0 Å². The van der Waals surface area contributed by atoms with Crippen LogP contribution in [0.3, 0.4) is 0 Å². The van der Waals surface area contributed by atoms with E-state index in [1.807, 2.05) is 6.92 Å². The van der Waals surface area contributed by atoms with Crippen molar-refractivity contribution in [3.63, 3.8) is 0 Å². The van der Waals surface area contributed by atoms with Gasteiger partial charge in [0.2, 0.25) is 0 Å². The van der Waals surface area contributed by atoms with Crippen LogP contribution in [-0.2, 0) is 0 Å². The number of aliphatic hydroxyl groups is 1. The first-order valence-corrected chi connectivity index (χ1v) is 4.55.